The van der Waals surface area contributed by atoms with Crippen LogP contribution in [0.5, 0.6) is 0 Å². The summed E-state index contributed by atoms with van der Waals surface area (Å²) >= 11 is 0. The molecule has 2 aliphatic rings. The summed E-state index contributed by atoms with van der Waals surface area (Å²) in [5.41, 5.74) is 3.59. The van der Waals surface area contributed by atoms with Crippen molar-refractivity contribution in [3.8, 4) is 0 Å². The van der Waals surface area contributed by atoms with Crippen molar-refractivity contribution < 1.29 is 14.3 Å². The molecule has 6 nitrogen and oxygen atoms in total. The lowest BCUT2D eigenvalue weighted by molar-refractivity contribution is -0.118. The zero-order valence-electron chi connectivity index (χ0n) is 20.4. The van der Waals surface area contributed by atoms with E-state index in [-0.39, 0.29) is 23.8 Å². The maximum absolute atomic E-state index is 13.2. The van der Waals surface area contributed by atoms with Gasteiger partial charge in [0, 0.05) is 43.5 Å². The average Bonchev–Trinajstić information content (AvgIpc) is 3.37. The number of anilines is 2. The first kappa shape index (κ1) is 24.3. The maximum atomic E-state index is 13.2. The summed E-state index contributed by atoms with van der Waals surface area (Å²) in [6.07, 6.45) is 5.40. The minimum absolute atomic E-state index is 0.0554. The maximum Gasteiger partial charge on any atom is 0.253 e. The number of amides is 2. The largest absolute Gasteiger partial charge is 0.376 e. The van der Waals surface area contributed by atoms with Gasteiger partial charge in [-0.2, -0.15) is 0 Å². The summed E-state index contributed by atoms with van der Waals surface area (Å²) in [6.45, 7) is 6.83. The van der Waals surface area contributed by atoms with E-state index in [1.807, 2.05) is 32.0 Å². The van der Waals surface area contributed by atoms with Crippen molar-refractivity contribution >= 4 is 23.2 Å². The van der Waals surface area contributed by atoms with Gasteiger partial charge in [-0.1, -0.05) is 44.2 Å². The van der Waals surface area contributed by atoms with Crippen molar-refractivity contribution in [1.82, 2.24) is 5.32 Å². The van der Waals surface area contributed by atoms with E-state index >= 15 is 0 Å². The molecule has 0 radical (unpaired) electrons. The van der Waals surface area contributed by atoms with E-state index < -0.39 is 0 Å². The Labute approximate surface area is 203 Å². The van der Waals surface area contributed by atoms with E-state index in [2.05, 4.69) is 45.9 Å². The fourth-order valence-electron chi connectivity index (χ4n) is 4.79. The molecular formula is C28H37N3O3. The van der Waals surface area contributed by atoms with Gasteiger partial charge in [-0.3, -0.25) is 9.59 Å². The first-order valence-electron chi connectivity index (χ1n) is 12.6. The van der Waals surface area contributed by atoms with Gasteiger partial charge < -0.3 is 20.3 Å². The van der Waals surface area contributed by atoms with Crippen molar-refractivity contribution in [2.75, 3.05) is 36.5 Å². The lowest BCUT2D eigenvalue weighted by atomic mass is 9.89. The first-order chi connectivity index (χ1) is 16.5. The van der Waals surface area contributed by atoms with E-state index in [4.69, 9.17) is 4.74 Å². The fraction of sp³-hybridized carbons (Fsp3) is 0.500. The van der Waals surface area contributed by atoms with Crippen LogP contribution in [0.2, 0.25) is 0 Å². The van der Waals surface area contributed by atoms with Crippen molar-refractivity contribution in [3.05, 3.63) is 59.7 Å². The molecule has 1 atom stereocenters. The zero-order chi connectivity index (χ0) is 23.9. The van der Waals surface area contributed by atoms with Crippen molar-refractivity contribution in [3.63, 3.8) is 0 Å². The minimum Gasteiger partial charge on any atom is -0.376 e. The topological polar surface area (TPSA) is 70.7 Å². The number of carbonyl (C=O) groups excluding carboxylic acids is 2. The number of hydrogen-bond acceptors (Lipinski definition) is 4. The highest BCUT2D eigenvalue weighted by atomic mass is 16.5. The van der Waals surface area contributed by atoms with Gasteiger partial charge in [-0.05, 0) is 61.8 Å². The third kappa shape index (κ3) is 6.38. The van der Waals surface area contributed by atoms with E-state index in [1.54, 1.807) is 0 Å². The molecule has 0 bridgehead atoms. The highest BCUT2D eigenvalue weighted by Crippen LogP contribution is 2.30. The number of carbonyl (C=O) groups is 2. The molecule has 2 aromatic carbocycles. The average molecular weight is 464 g/mol. The molecular weight excluding hydrogens is 426 g/mol. The van der Waals surface area contributed by atoms with Gasteiger partial charge >= 0.3 is 0 Å². The third-order valence-corrected chi connectivity index (χ3v) is 6.87. The van der Waals surface area contributed by atoms with Gasteiger partial charge in [0.05, 0.1) is 11.7 Å². The molecule has 0 aliphatic carbocycles. The molecule has 2 aromatic rings. The molecule has 6 heteroatoms. The number of hydrogen-bond donors (Lipinski definition) is 2. The lowest BCUT2D eigenvalue weighted by Crippen LogP contribution is -2.37. The Morgan fingerprint density at radius 1 is 1.06 bits per heavy atom. The summed E-state index contributed by atoms with van der Waals surface area (Å²) in [4.78, 5) is 27.8. The Kier molecular flexibility index (Phi) is 8.22. The second-order valence-electron chi connectivity index (χ2n) is 9.84. The van der Waals surface area contributed by atoms with Crippen LogP contribution in [0.15, 0.2) is 48.5 Å². The number of benzene rings is 2. The van der Waals surface area contributed by atoms with Crippen LogP contribution < -0.4 is 15.5 Å². The van der Waals surface area contributed by atoms with Crippen LogP contribution in [0.4, 0.5) is 11.4 Å². The molecule has 0 spiro atoms. The van der Waals surface area contributed by atoms with Gasteiger partial charge in [0.15, 0.2) is 0 Å². The predicted octanol–water partition coefficient (Wildman–Crippen LogP) is 4.65. The molecule has 2 fully saturated rings. The minimum atomic E-state index is -0.125. The summed E-state index contributed by atoms with van der Waals surface area (Å²) in [5, 5.41) is 6.00. The molecule has 0 aromatic heterocycles. The Balaban J connectivity index is 1.46. The van der Waals surface area contributed by atoms with Gasteiger partial charge in [-0.25, -0.2) is 0 Å². The molecule has 2 N–H and O–H groups in total. The Morgan fingerprint density at radius 2 is 1.82 bits per heavy atom. The number of nitrogens with one attached hydrogen (secondary N) is 2. The van der Waals surface area contributed by atoms with E-state index in [9.17, 15) is 9.59 Å². The summed E-state index contributed by atoms with van der Waals surface area (Å²) in [7, 11) is 0. The fourth-order valence-corrected chi connectivity index (χ4v) is 4.79. The summed E-state index contributed by atoms with van der Waals surface area (Å²) in [6, 6.07) is 16.4. The van der Waals surface area contributed by atoms with Crippen molar-refractivity contribution in [2.45, 2.75) is 52.1 Å². The van der Waals surface area contributed by atoms with Gasteiger partial charge in [-0.15, -0.1) is 0 Å². The van der Waals surface area contributed by atoms with Gasteiger partial charge in [0.1, 0.15) is 0 Å². The van der Waals surface area contributed by atoms with Gasteiger partial charge in [0.25, 0.3) is 5.91 Å². The molecule has 4 rings (SSSR count). The van der Waals surface area contributed by atoms with E-state index in [0.717, 1.165) is 57.5 Å². The van der Waals surface area contributed by atoms with Crippen LogP contribution >= 0.6 is 0 Å². The Bertz CT molecular complexity index is 962. The van der Waals surface area contributed by atoms with Crippen molar-refractivity contribution in [2.24, 2.45) is 11.8 Å². The molecule has 2 heterocycles. The van der Waals surface area contributed by atoms with E-state index in [0.29, 0.717) is 23.7 Å². The zero-order valence-corrected chi connectivity index (χ0v) is 20.4. The normalized spacial score (nSPS) is 18.8. The van der Waals surface area contributed by atoms with Crippen LogP contribution in [-0.4, -0.2) is 44.2 Å². The number of ether oxygens (including phenoxy) is 1. The lowest BCUT2D eigenvalue weighted by Gasteiger charge is -2.35. The SMILES string of the molecule is CC(C)C(=O)Nc1ccc(N2CCC(Cc3ccccc3)CC2)c(C(=O)NC[C@@H]2CCCO2)c1. The van der Waals surface area contributed by atoms with Crippen LogP contribution in [0.25, 0.3) is 0 Å². The van der Waals surface area contributed by atoms with Crippen LogP contribution in [0.1, 0.15) is 55.5 Å². The molecule has 2 saturated heterocycles. The standard InChI is InChI=1S/C28H37N3O3/c1-20(2)27(32)30-23-10-11-26(25(18-23)28(33)29-19-24-9-6-16-34-24)31-14-12-22(13-15-31)17-21-7-4-3-5-8-21/h3-5,7-8,10-11,18,20,22,24H,6,9,12-17,19H2,1-2H3,(H,29,33)(H,30,32)/t24-/m0/s1. The molecule has 2 amide bonds. The predicted molar refractivity (Wildman–Crippen MR) is 136 cm³/mol. The smallest absolute Gasteiger partial charge is 0.253 e. The summed E-state index contributed by atoms with van der Waals surface area (Å²) in [5.74, 6) is 0.359. The molecule has 0 unspecified atom stereocenters. The molecule has 34 heavy (non-hydrogen) atoms. The quantitative estimate of drug-likeness (QED) is 0.598. The number of rotatable bonds is 8. The second kappa shape index (κ2) is 11.5. The number of nitrogens with zero attached hydrogens (tertiary/aromatic N) is 1. The number of piperidine rings is 1. The third-order valence-electron chi connectivity index (χ3n) is 6.87. The highest BCUT2D eigenvalue weighted by Gasteiger charge is 2.25. The highest BCUT2D eigenvalue weighted by molar-refractivity contribution is 6.02. The Hall–Kier alpha value is -2.86. The Morgan fingerprint density at radius 3 is 2.50 bits per heavy atom. The van der Waals surface area contributed by atoms with Crippen molar-refractivity contribution in [1.29, 1.82) is 0 Å². The van der Waals surface area contributed by atoms with Crippen LogP contribution in [-0.2, 0) is 16.0 Å². The van der Waals surface area contributed by atoms with Crippen LogP contribution in [0.3, 0.4) is 0 Å². The molecule has 0 saturated carbocycles. The van der Waals surface area contributed by atoms with Crippen LogP contribution in [0, 0.1) is 11.8 Å². The monoisotopic (exact) mass is 463 g/mol. The second-order valence-corrected chi connectivity index (χ2v) is 9.84. The van der Waals surface area contributed by atoms with Gasteiger partial charge in [0.2, 0.25) is 5.91 Å². The molecule has 182 valence electrons. The van der Waals surface area contributed by atoms with E-state index in [1.165, 1.54) is 5.56 Å². The molecule has 2 aliphatic heterocycles. The summed E-state index contributed by atoms with van der Waals surface area (Å²) < 4.78 is 5.67. The first-order valence-corrected chi connectivity index (χ1v) is 12.6.